The van der Waals surface area contributed by atoms with E-state index in [0.29, 0.717) is 24.7 Å². The second kappa shape index (κ2) is 7.36. The van der Waals surface area contributed by atoms with Crippen molar-refractivity contribution in [2.45, 2.75) is 12.6 Å². The number of likely N-dealkylation sites (N-methyl/N-ethyl adjacent to an activating group) is 1. The molecule has 0 aliphatic carbocycles. The molecule has 1 amide bonds. The summed E-state index contributed by atoms with van der Waals surface area (Å²) in [5.41, 5.74) is 3.11. The molecule has 1 atom stereocenters. The lowest BCUT2D eigenvalue weighted by Gasteiger charge is -2.31. The SMILES string of the molecule is CNC(=O)[C@@H]1CN(Cc2c(-c3ccc(Cl)cc3)nc3sccn23)CCO1. The van der Waals surface area contributed by atoms with Crippen molar-refractivity contribution in [1.29, 1.82) is 0 Å². The van der Waals surface area contributed by atoms with Gasteiger partial charge in [0.1, 0.15) is 6.10 Å². The normalized spacial score (nSPS) is 18.3. The number of fused-ring (bicyclic) bond motifs is 1. The number of nitrogens with one attached hydrogen (secondary N) is 1. The lowest BCUT2D eigenvalue weighted by atomic mass is 10.1. The lowest BCUT2D eigenvalue weighted by molar-refractivity contribution is -0.138. The van der Waals surface area contributed by atoms with Crippen LogP contribution >= 0.6 is 22.9 Å². The molecular formula is C18H19ClN4O2S. The van der Waals surface area contributed by atoms with E-state index < -0.39 is 6.10 Å². The van der Waals surface area contributed by atoms with Gasteiger partial charge >= 0.3 is 0 Å². The molecule has 1 aliphatic rings. The third-order valence-electron chi connectivity index (χ3n) is 4.54. The summed E-state index contributed by atoms with van der Waals surface area (Å²) in [7, 11) is 1.63. The number of aromatic nitrogens is 2. The van der Waals surface area contributed by atoms with Crippen molar-refractivity contribution in [2.75, 3.05) is 26.7 Å². The zero-order valence-corrected chi connectivity index (χ0v) is 15.9. The molecule has 2 aromatic heterocycles. The molecule has 1 aliphatic heterocycles. The highest BCUT2D eigenvalue weighted by Crippen LogP contribution is 2.29. The maximum atomic E-state index is 11.9. The van der Waals surface area contributed by atoms with Crippen molar-refractivity contribution in [2.24, 2.45) is 0 Å². The van der Waals surface area contributed by atoms with Gasteiger partial charge in [-0.15, -0.1) is 11.3 Å². The molecule has 3 aromatic rings. The molecule has 8 heteroatoms. The van der Waals surface area contributed by atoms with Gasteiger partial charge in [-0.2, -0.15) is 0 Å². The van der Waals surface area contributed by atoms with Crippen LogP contribution in [0.15, 0.2) is 35.8 Å². The van der Waals surface area contributed by atoms with Gasteiger partial charge in [-0.05, 0) is 12.1 Å². The number of rotatable bonds is 4. The lowest BCUT2D eigenvalue weighted by Crippen LogP contribution is -2.48. The summed E-state index contributed by atoms with van der Waals surface area (Å²) in [6, 6.07) is 7.74. The molecule has 26 heavy (non-hydrogen) atoms. The fourth-order valence-electron chi connectivity index (χ4n) is 3.20. The summed E-state index contributed by atoms with van der Waals surface area (Å²) in [5.74, 6) is -0.0819. The number of halogens is 1. The van der Waals surface area contributed by atoms with Crippen LogP contribution in [0.4, 0.5) is 0 Å². The Labute approximate surface area is 160 Å². The first-order chi connectivity index (χ1) is 12.7. The second-order valence-electron chi connectivity index (χ2n) is 6.18. The Morgan fingerprint density at radius 1 is 1.42 bits per heavy atom. The van der Waals surface area contributed by atoms with Crippen molar-refractivity contribution in [3.05, 3.63) is 46.6 Å². The fourth-order valence-corrected chi connectivity index (χ4v) is 4.06. The Kier molecular flexibility index (Phi) is 4.95. The monoisotopic (exact) mass is 390 g/mol. The van der Waals surface area contributed by atoms with Crippen LogP contribution in [0, 0.1) is 0 Å². The summed E-state index contributed by atoms with van der Waals surface area (Å²) in [5, 5.41) is 5.40. The topological polar surface area (TPSA) is 58.9 Å². The molecule has 1 N–H and O–H groups in total. The molecular weight excluding hydrogens is 372 g/mol. The number of carbonyl (C=O) groups is 1. The Morgan fingerprint density at radius 2 is 2.23 bits per heavy atom. The number of ether oxygens (including phenoxy) is 1. The predicted octanol–water partition coefficient (Wildman–Crippen LogP) is 2.66. The number of benzene rings is 1. The Hall–Kier alpha value is -1.93. The number of hydrogen-bond donors (Lipinski definition) is 1. The number of carbonyl (C=O) groups excluding carboxylic acids is 1. The van der Waals surface area contributed by atoms with E-state index in [1.165, 1.54) is 0 Å². The van der Waals surface area contributed by atoms with Gasteiger partial charge in [-0.25, -0.2) is 4.98 Å². The predicted molar refractivity (Wildman–Crippen MR) is 103 cm³/mol. The van der Waals surface area contributed by atoms with Crippen LogP contribution in [-0.2, 0) is 16.1 Å². The molecule has 1 aromatic carbocycles. The zero-order chi connectivity index (χ0) is 18.1. The van der Waals surface area contributed by atoms with Crippen LogP contribution in [0.2, 0.25) is 5.02 Å². The molecule has 6 nitrogen and oxygen atoms in total. The molecule has 3 heterocycles. The van der Waals surface area contributed by atoms with E-state index in [-0.39, 0.29) is 5.91 Å². The van der Waals surface area contributed by atoms with Crippen molar-refractivity contribution in [3.63, 3.8) is 0 Å². The van der Waals surface area contributed by atoms with Crippen LogP contribution in [0.25, 0.3) is 16.2 Å². The number of amides is 1. The van der Waals surface area contributed by atoms with Crippen molar-refractivity contribution < 1.29 is 9.53 Å². The molecule has 0 spiro atoms. The van der Waals surface area contributed by atoms with Crippen molar-refractivity contribution >= 4 is 33.8 Å². The van der Waals surface area contributed by atoms with Crippen LogP contribution in [-0.4, -0.2) is 53.0 Å². The standard InChI is InChI=1S/C18H19ClN4O2S/c1-20-17(24)15-11-22(6-8-25-15)10-14-16(12-2-4-13(19)5-3-12)21-18-23(14)7-9-26-18/h2-5,7,9,15H,6,8,10-11H2,1H3,(H,20,24)/t15-/m0/s1. The molecule has 1 fully saturated rings. The number of thiazole rings is 1. The zero-order valence-electron chi connectivity index (χ0n) is 14.3. The van der Waals surface area contributed by atoms with E-state index in [9.17, 15) is 4.79 Å². The molecule has 4 rings (SSSR count). The van der Waals surface area contributed by atoms with Gasteiger partial charge < -0.3 is 10.1 Å². The first kappa shape index (κ1) is 17.5. The van der Waals surface area contributed by atoms with Crippen LogP contribution in [0.3, 0.4) is 0 Å². The van der Waals surface area contributed by atoms with Crippen LogP contribution in [0.5, 0.6) is 0 Å². The van der Waals surface area contributed by atoms with E-state index in [0.717, 1.165) is 28.5 Å². The van der Waals surface area contributed by atoms with Gasteiger partial charge in [0.15, 0.2) is 4.96 Å². The highest BCUT2D eigenvalue weighted by atomic mass is 35.5. The average Bonchev–Trinajstić information content (AvgIpc) is 3.25. The maximum absolute atomic E-state index is 11.9. The van der Waals surface area contributed by atoms with Gasteiger partial charge in [0.25, 0.3) is 0 Å². The third-order valence-corrected chi connectivity index (χ3v) is 5.55. The molecule has 0 unspecified atom stereocenters. The number of morpholine rings is 1. The Balaban J connectivity index is 1.65. The van der Waals surface area contributed by atoms with E-state index in [2.05, 4.69) is 14.6 Å². The summed E-state index contributed by atoms with van der Waals surface area (Å²) in [6.45, 7) is 2.59. The molecule has 136 valence electrons. The second-order valence-corrected chi connectivity index (χ2v) is 7.49. The number of nitrogens with zero attached hydrogens (tertiary/aromatic N) is 3. The van der Waals surface area contributed by atoms with Gasteiger partial charge in [-0.3, -0.25) is 14.1 Å². The molecule has 0 radical (unpaired) electrons. The smallest absolute Gasteiger partial charge is 0.250 e. The Morgan fingerprint density at radius 3 is 3.00 bits per heavy atom. The summed E-state index contributed by atoms with van der Waals surface area (Å²) in [6.07, 6.45) is 1.61. The highest BCUT2D eigenvalue weighted by Gasteiger charge is 2.27. The Bertz CT molecular complexity index is 921. The summed E-state index contributed by atoms with van der Waals surface area (Å²) >= 11 is 7.64. The average molecular weight is 391 g/mol. The minimum atomic E-state index is -0.432. The molecule has 1 saturated heterocycles. The van der Waals surface area contributed by atoms with Gasteiger partial charge in [0.05, 0.1) is 18.0 Å². The first-order valence-corrected chi connectivity index (χ1v) is 9.67. The fraction of sp³-hybridized carbons (Fsp3) is 0.333. The van der Waals surface area contributed by atoms with Gasteiger partial charge in [0.2, 0.25) is 5.91 Å². The molecule has 0 bridgehead atoms. The van der Waals surface area contributed by atoms with E-state index in [1.54, 1.807) is 18.4 Å². The van der Waals surface area contributed by atoms with Gasteiger partial charge in [0, 0.05) is 48.8 Å². The third kappa shape index (κ3) is 3.35. The van der Waals surface area contributed by atoms with Gasteiger partial charge in [-0.1, -0.05) is 23.7 Å². The summed E-state index contributed by atoms with van der Waals surface area (Å²) in [4.78, 5) is 19.9. The number of hydrogen-bond acceptors (Lipinski definition) is 5. The van der Waals surface area contributed by atoms with E-state index in [1.807, 2.05) is 35.8 Å². The van der Waals surface area contributed by atoms with E-state index >= 15 is 0 Å². The summed E-state index contributed by atoms with van der Waals surface area (Å²) < 4.78 is 7.72. The largest absolute Gasteiger partial charge is 0.366 e. The van der Waals surface area contributed by atoms with Crippen molar-refractivity contribution in [3.8, 4) is 11.3 Å². The molecule has 0 saturated carbocycles. The highest BCUT2D eigenvalue weighted by molar-refractivity contribution is 7.15. The first-order valence-electron chi connectivity index (χ1n) is 8.41. The quantitative estimate of drug-likeness (QED) is 0.744. The minimum Gasteiger partial charge on any atom is -0.366 e. The van der Waals surface area contributed by atoms with Crippen LogP contribution in [0.1, 0.15) is 5.69 Å². The minimum absolute atomic E-state index is 0.0819. The van der Waals surface area contributed by atoms with Crippen molar-refractivity contribution in [1.82, 2.24) is 19.6 Å². The maximum Gasteiger partial charge on any atom is 0.250 e. The number of imidazole rings is 1. The van der Waals surface area contributed by atoms with Crippen LogP contribution < -0.4 is 5.32 Å². The van der Waals surface area contributed by atoms with E-state index in [4.69, 9.17) is 21.3 Å².